The van der Waals surface area contributed by atoms with E-state index in [4.69, 9.17) is 5.73 Å². The summed E-state index contributed by atoms with van der Waals surface area (Å²) >= 11 is 0. The second-order valence-electron chi connectivity index (χ2n) is 6.19. The minimum atomic E-state index is 0.217. The van der Waals surface area contributed by atoms with Gasteiger partial charge in [-0.2, -0.15) is 0 Å². The number of hydrogen-bond acceptors (Lipinski definition) is 2. The third-order valence-electron chi connectivity index (χ3n) is 4.70. The Morgan fingerprint density at radius 3 is 2.50 bits per heavy atom. The number of nitrogens with two attached hydrogens (primary N) is 1. The summed E-state index contributed by atoms with van der Waals surface area (Å²) < 4.78 is 0. The molecule has 2 rings (SSSR count). The molecule has 1 amide bonds. The van der Waals surface area contributed by atoms with E-state index in [0.717, 1.165) is 38.3 Å². The van der Waals surface area contributed by atoms with Gasteiger partial charge in [-0.1, -0.05) is 26.2 Å². The van der Waals surface area contributed by atoms with Crippen LogP contribution in [0.4, 0.5) is 0 Å². The highest BCUT2D eigenvalue weighted by Gasteiger charge is 2.32. The van der Waals surface area contributed by atoms with Crippen molar-refractivity contribution < 1.29 is 4.79 Å². The SMILES string of the molecule is CCCCC1CCC(C(=O)N2CCC(N)C2)CC1. The molecule has 104 valence electrons. The maximum atomic E-state index is 12.3. The molecule has 0 radical (unpaired) electrons. The van der Waals surface area contributed by atoms with E-state index in [1.165, 1.54) is 32.1 Å². The molecule has 2 N–H and O–H groups in total. The van der Waals surface area contributed by atoms with Crippen LogP contribution in [-0.2, 0) is 4.79 Å². The zero-order valence-electron chi connectivity index (χ0n) is 11.7. The largest absolute Gasteiger partial charge is 0.341 e. The quantitative estimate of drug-likeness (QED) is 0.835. The van der Waals surface area contributed by atoms with Gasteiger partial charge in [-0.3, -0.25) is 4.79 Å². The van der Waals surface area contributed by atoms with E-state index in [1.54, 1.807) is 0 Å². The monoisotopic (exact) mass is 252 g/mol. The minimum absolute atomic E-state index is 0.217. The summed E-state index contributed by atoms with van der Waals surface area (Å²) in [5.74, 6) is 1.57. The van der Waals surface area contributed by atoms with Gasteiger partial charge in [-0.15, -0.1) is 0 Å². The molecular weight excluding hydrogens is 224 g/mol. The fraction of sp³-hybridized carbons (Fsp3) is 0.933. The summed E-state index contributed by atoms with van der Waals surface area (Å²) in [6.07, 6.45) is 9.74. The van der Waals surface area contributed by atoms with Gasteiger partial charge >= 0.3 is 0 Å². The second kappa shape index (κ2) is 6.55. The van der Waals surface area contributed by atoms with Crippen molar-refractivity contribution in [2.24, 2.45) is 17.6 Å². The molecule has 3 nitrogen and oxygen atoms in total. The van der Waals surface area contributed by atoms with Crippen molar-refractivity contribution >= 4 is 5.91 Å². The molecule has 2 fully saturated rings. The smallest absolute Gasteiger partial charge is 0.225 e. The van der Waals surface area contributed by atoms with E-state index in [-0.39, 0.29) is 6.04 Å². The van der Waals surface area contributed by atoms with Gasteiger partial charge in [0.15, 0.2) is 0 Å². The van der Waals surface area contributed by atoms with Crippen molar-refractivity contribution in [1.29, 1.82) is 0 Å². The van der Waals surface area contributed by atoms with Gasteiger partial charge in [0.25, 0.3) is 0 Å². The molecule has 0 bridgehead atoms. The third-order valence-corrected chi connectivity index (χ3v) is 4.70. The van der Waals surface area contributed by atoms with Gasteiger partial charge in [0.05, 0.1) is 0 Å². The molecule has 0 aromatic carbocycles. The van der Waals surface area contributed by atoms with Crippen LogP contribution in [0.5, 0.6) is 0 Å². The first kappa shape index (κ1) is 13.9. The predicted octanol–water partition coefficient (Wildman–Crippen LogP) is 2.54. The normalized spacial score (nSPS) is 32.8. The summed E-state index contributed by atoms with van der Waals surface area (Å²) in [4.78, 5) is 14.3. The highest BCUT2D eigenvalue weighted by molar-refractivity contribution is 5.79. The summed E-state index contributed by atoms with van der Waals surface area (Å²) in [5.41, 5.74) is 5.88. The van der Waals surface area contributed by atoms with Crippen molar-refractivity contribution in [3.63, 3.8) is 0 Å². The Morgan fingerprint density at radius 1 is 1.22 bits per heavy atom. The molecule has 1 aliphatic heterocycles. The van der Waals surface area contributed by atoms with Crippen LogP contribution in [0.15, 0.2) is 0 Å². The zero-order chi connectivity index (χ0) is 13.0. The Kier molecular flexibility index (Phi) is 5.04. The summed E-state index contributed by atoms with van der Waals surface area (Å²) in [6.45, 7) is 3.93. The first-order valence-corrected chi connectivity index (χ1v) is 7.75. The lowest BCUT2D eigenvalue weighted by molar-refractivity contribution is -0.135. The Hall–Kier alpha value is -0.570. The van der Waals surface area contributed by atoms with Crippen LogP contribution in [0.1, 0.15) is 58.3 Å². The lowest BCUT2D eigenvalue weighted by Gasteiger charge is -2.30. The molecule has 2 aliphatic rings. The number of hydrogen-bond donors (Lipinski definition) is 1. The van der Waals surface area contributed by atoms with Crippen molar-refractivity contribution in [3.8, 4) is 0 Å². The van der Waals surface area contributed by atoms with Crippen molar-refractivity contribution in [3.05, 3.63) is 0 Å². The van der Waals surface area contributed by atoms with Gasteiger partial charge in [0, 0.05) is 25.0 Å². The number of amides is 1. The average Bonchev–Trinajstić information content (AvgIpc) is 2.83. The first-order valence-electron chi connectivity index (χ1n) is 7.75. The van der Waals surface area contributed by atoms with E-state index in [1.807, 2.05) is 4.90 Å². The lowest BCUT2D eigenvalue weighted by Crippen LogP contribution is -2.37. The number of rotatable bonds is 4. The predicted molar refractivity (Wildman–Crippen MR) is 74.1 cm³/mol. The summed E-state index contributed by atoms with van der Waals surface area (Å²) in [5, 5.41) is 0. The number of carbonyl (C=O) groups excluding carboxylic acids is 1. The van der Waals surface area contributed by atoms with E-state index in [0.29, 0.717) is 11.8 Å². The van der Waals surface area contributed by atoms with Crippen LogP contribution in [0, 0.1) is 11.8 Å². The third kappa shape index (κ3) is 3.47. The fourth-order valence-electron chi connectivity index (χ4n) is 3.44. The fourth-order valence-corrected chi connectivity index (χ4v) is 3.44. The molecular formula is C15H28N2O. The molecule has 0 aromatic rings. The zero-order valence-corrected chi connectivity index (χ0v) is 11.7. The van der Waals surface area contributed by atoms with Gasteiger partial charge in [-0.05, 0) is 38.0 Å². The molecule has 1 atom stereocenters. The number of unbranched alkanes of at least 4 members (excludes halogenated alkanes) is 1. The highest BCUT2D eigenvalue weighted by atomic mass is 16.2. The van der Waals surface area contributed by atoms with E-state index >= 15 is 0 Å². The molecule has 3 heteroatoms. The van der Waals surface area contributed by atoms with Gasteiger partial charge in [-0.25, -0.2) is 0 Å². The van der Waals surface area contributed by atoms with Crippen molar-refractivity contribution in [1.82, 2.24) is 4.90 Å². The topological polar surface area (TPSA) is 46.3 Å². The van der Waals surface area contributed by atoms with Crippen LogP contribution < -0.4 is 5.73 Å². The molecule has 1 saturated carbocycles. The number of carbonyl (C=O) groups is 1. The van der Waals surface area contributed by atoms with Crippen LogP contribution in [-0.4, -0.2) is 29.9 Å². The Labute approximate surface area is 111 Å². The van der Waals surface area contributed by atoms with Gasteiger partial charge in [0.1, 0.15) is 0 Å². The lowest BCUT2D eigenvalue weighted by atomic mass is 9.79. The molecule has 1 saturated heterocycles. The van der Waals surface area contributed by atoms with Crippen LogP contribution in [0.2, 0.25) is 0 Å². The molecule has 1 unspecified atom stereocenters. The summed E-state index contributed by atoms with van der Waals surface area (Å²) in [7, 11) is 0. The maximum absolute atomic E-state index is 12.3. The van der Waals surface area contributed by atoms with Crippen molar-refractivity contribution in [2.75, 3.05) is 13.1 Å². The number of nitrogens with zero attached hydrogens (tertiary/aromatic N) is 1. The Morgan fingerprint density at radius 2 is 1.94 bits per heavy atom. The Balaban J connectivity index is 1.73. The maximum Gasteiger partial charge on any atom is 0.225 e. The molecule has 0 aromatic heterocycles. The minimum Gasteiger partial charge on any atom is -0.341 e. The second-order valence-corrected chi connectivity index (χ2v) is 6.19. The standard InChI is InChI=1S/C15H28N2O/c1-2-3-4-12-5-7-13(8-6-12)15(18)17-10-9-14(16)11-17/h12-14H,2-11,16H2,1H3. The van der Waals surface area contributed by atoms with Crippen LogP contribution in [0.3, 0.4) is 0 Å². The average molecular weight is 252 g/mol. The molecule has 18 heavy (non-hydrogen) atoms. The highest BCUT2D eigenvalue weighted by Crippen LogP contribution is 2.33. The summed E-state index contributed by atoms with van der Waals surface area (Å²) in [6, 6.07) is 0.217. The van der Waals surface area contributed by atoms with Gasteiger partial charge in [0.2, 0.25) is 5.91 Å². The van der Waals surface area contributed by atoms with Crippen molar-refractivity contribution in [2.45, 2.75) is 64.3 Å². The molecule has 0 spiro atoms. The molecule has 1 aliphatic carbocycles. The van der Waals surface area contributed by atoms with E-state index < -0.39 is 0 Å². The van der Waals surface area contributed by atoms with Gasteiger partial charge < -0.3 is 10.6 Å². The van der Waals surface area contributed by atoms with Crippen LogP contribution >= 0.6 is 0 Å². The first-order chi connectivity index (χ1) is 8.70. The van der Waals surface area contributed by atoms with Crippen LogP contribution in [0.25, 0.3) is 0 Å². The Bertz CT molecular complexity index is 272. The van der Waals surface area contributed by atoms with E-state index in [9.17, 15) is 4.79 Å². The molecule has 1 heterocycles. The number of likely N-dealkylation sites (tertiary alicyclic amines) is 1. The van der Waals surface area contributed by atoms with E-state index in [2.05, 4.69) is 6.92 Å².